The summed E-state index contributed by atoms with van der Waals surface area (Å²) in [5, 5.41) is 20.8. The van der Waals surface area contributed by atoms with Gasteiger partial charge >= 0.3 is 0 Å². The van der Waals surface area contributed by atoms with Crippen molar-refractivity contribution in [2.75, 3.05) is 0 Å². The highest BCUT2D eigenvalue weighted by Gasteiger charge is 2.30. The Kier molecular flexibility index (Phi) is 3.72. The Balaban J connectivity index is 1.74. The largest absolute Gasteiger partial charge is 0.504 e. The zero-order valence-electron chi connectivity index (χ0n) is 16.5. The Morgan fingerprint density at radius 3 is 2.00 bits per heavy atom. The van der Waals surface area contributed by atoms with Gasteiger partial charge in [0.25, 0.3) is 0 Å². The van der Waals surface area contributed by atoms with Crippen molar-refractivity contribution in [1.82, 2.24) is 4.98 Å². The topological polar surface area (TPSA) is 53.4 Å². The highest BCUT2D eigenvalue weighted by Crippen LogP contribution is 2.49. The fourth-order valence-electron chi connectivity index (χ4n) is 5.12. The lowest BCUT2D eigenvalue weighted by molar-refractivity contribution is 0.405. The number of fused-ring (bicyclic) bond motifs is 7. The van der Waals surface area contributed by atoms with Crippen LogP contribution >= 0.6 is 0 Å². The van der Waals surface area contributed by atoms with Gasteiger partial charge in [-0.15, -0.1) is 0 Å². The van der Waals surface area contributed by atoms with Crippen molar-refractivity contribution in [2.24, 2.45) is 0 Å². The lowest BCUT2D eigenvalue weighted by Crippen LogP contribution is -2.15. The maximum Gasteiger partial charge on any atom is 0.167 e. The van der Waals surface area contributed by atoms with E-state index in [9.17, 15) is 10.2 Å². The molecule has 0 fully saturated rings. The normalized spacial score (nSPS) is 13.7. The number of nitrogens with zero attached hydrogens (tertiary/aromatic N) is 1. The van der Waals surface area contributed by atoms with Gasteiger partial charge in [-0.05, 0) is 65.6 Å². The van der Waals surface area contributed by atoms with E-state index in [1.54, 1.807) is 6.07 Å². The fourth-order valence-corrected chi connectivity index (χ4v) is 5.12. The van der Waals surface area contributed by atoms with Crippen molar-refractivity contribution in [3.8, 4) is 45.0 Å². The van der Waals surface area contributed by atoms with E-state index in [4.69, 9.17) is 4.98 Å². The standard InChI is InChI=1S/C27H21NO2/c29-23-11-5-10-21(27(23)30)26-25-19-9-4-2-6-16(19)12-14-20(25)24-18-8-3-1-7-17(18)13-15-22(24)28-26/h1-11,29-30H,12-15H2. The van der Waals surface area contributed by atoms with Crippen LogP contribution in [0.5, 0.6) is 11.5 Å². The van der Waals surface area contributed by atoms with E-state index >= 15 is 0 Å². The van der Waals surface area contributed by atoms with Gasteiger partial charge in [0.15, 0.2) is 11.5 Å². The number of phenolic OH excluding ortho intramolecular Hbond substituents is 2. The third-order valence-electron chi connectivity index (χ3n) is 6.49. The first kappa shape index (κ1) is 17.3. The van der Waals surface area contributed by atoms with Crippen LogP contribution in [0.1, 0.15) is 22.4 Å². The summed E-state index contributed by atoms with van der Waals surface area (Å²) in [7, 11) is 0. The first-order valence-corrected chi connectivity index (χ1v) is 10.5. The number of phenols is 2. The number of hydrogen-bond acceptors (Lipinski definition) is 3. The van der Waals surface area contributed by atoms with E-state index in [0.717, 1.165) is 42.6 Å². The molecule has 0 unspecified atom stereocenters. The van der Waals surface area contributed by atoms with E-state index in [1.165, 1.54) is 39.4 Å². The first-order chi connectivity index (χ1) is 14.7. The number of hydrogen-bond donors (Lipinski definition) is 2. The van der Waals surface area contributed by atoms with Gasteiger partial charge in [0.1, 0.15) is 0 Å². The Morgan fingerprint density at radius 1 is 0.600 bits per heavy atom. The van der Waals surface area contributed by atoms with Crippen molar-refractivity contribution in [3.05, 3.63) is 89.1 Å². The molecule has 0 bridgehead atoms. The number of para-hydroxylation sites is 1. The maximum absolute atomic E-state index is 10.7. The quantitative estimate of drug-likeness (QED) is 0.410. The molecule has 0 radical (unpaired) electrons. The summed E-state index contributed by atoms with van der Waals surface area (Å²) in [5.41, 5.74) is 11.3. The van der Waals surface area contributed by atoms with Crippen LogP contribution in [-0.4, -0.2) is 15.2 Å². The van der Waals surface area contributed by atoms with Gasteiger partial charge in [0.2, 0.25) is 0 Å². The third kappa shape index (κ3) is 2.42. The summed E-state index contributed by atoms with van der Waals surface area (Å²) in [6.45, 7) is 0. The Labute approximate surface area is 175 Å². The molecule has 1 aromatic heterocycles. The van der Waals surface area contributed by atoms with E-state index in [1.807, 2.05) is 6.07 Å². The molecule has 0 aliphatic heterocycles. The van der Waals surface area contributed by atoms with Gasteiger partial charge in [0.05, 0.1) is 5.69 Å². The molecule has 2 N–H and O–H groups in total. The molecule has 30 heavy (non-hydrogen) atoms. The number of rotatable bonds is 1. The monoisotopic (exact) mass is 391 g/mol. The molecular formula is C27H21NO2. The molecule has 3 nitrogen and oxygen atoms in total. The average molecular weight is 391 g/mol. The van der Waals surface area contributed by atoms with Gasteiger partial charge in [-0.25, -0.2) is 0 Å². The highest BCUT2D eigenvalue weighted by atomic mass is 16.3. The van der Waals surface area contributed by atoms with Gasteiger partial charge in [0, 0.05) is 22.4 Å². The highest BCUT2D eigenvalue weighted by molar-refractivity contribution is 5.94. The number of pyridine rings is 1. The van der Waals surface area contributed by atoms with Crippen molar-refractivity contribution in [1.29, 1.82) is 0 Å². The molecule has 6 rings (SSSR count). The Bertz CT molecular complexity index is 1320. The van der Waals surface area contributed by atoms with Gasteiger partial charge in [-0.1, -0.05) is 54.6 Å². The van der Waals surface area contributed by atoms with Crippen LogP contribution in [0.15, 0.2) is 66.7 Å². The molecule has 1 heterocycles. The predicted octanol–water partition coefficient (Wildman–Crippen LogP) is 5.69. The lowest BCUT2D eigenvalue weighted by atomic mass is 9.76. The minimum atomic E-state index is -0.116. The fraction of sp³-hybridized carbons (Fsp3) is 0.148. The molecule has 146 valence electrons. The molecule has 0 saturated heterocycles. The van der Waals surface area contributed by atoms with E-state index in [-0.39, 0.29) is 11.5 Å². The average Bonchev–Trinajstić information content (AvgIpc) is 2.79. The molecule has 4 aromatic rings. The van der Waals surface area contributed by atoms with Crippen LogP contribution < -0.4 is 0 Å². The molecule has 0 spiro atoms. The molecule has 0 atom stereocenters. The van der Waals surface area contributed by atoms with Crippen LogP contribution in [0.4, 0.5) is 0 Å². The van der Waals surface area contributed by atoms with E-state index in [0.29, 0.717) is 5.56 Å². The second-order valence-corrected chi connectivity index (χ2v) is 8.12. The molecule has 3 aromatic carbocycles. The molecule has 2 aliphatic carbocycles. The summed E-state index contributed by atoms with van der Waals surface area (Å²) in [4.78, 5) is 5.13. The van der Waals surface area contributed by atoms with Gasteiger partial charge < -0.3 is 10.2 Å². The summed E-state index contributed by atoms with van der Waals surface area (Å²) in [6, 6.07) is 22.2. The summed E-state index contributed by atoms with van der Waals surface area (Å²) < 4.78 is 0. The van der Waals surface area contributed by atoms with Crippen molar-refractivity contribution in [2.45, 2.75) is 25.7 Å². The third-order valence-corrected chi connectivity index (χ3v) is 6.49. The zero-order chi connectivity index (χ0) is 20.2. The summed E-state index contributed by atoms with van der Waals surface area (Å²) >= 11 is 0. The van der Waals surface area contributed by atoms with Gasteiger partial charge in [-0.3, -0.25) is 4.98 Å². The summed E-state index contributed by atoms with van der Waals surface area (Å²) in [6.07, 6.45) is 3.79. The minimum Gasteiger partial charge on any atom is -0.504 e. The Morgan fingerprint density at radius 2 is 1.23 bits per heavy atom. The van der Waals surface area contributed by atoms with Crippen molar-refractivity contribution in [3.63, 3.8) is 0 Å². The molecule has 0 saturated carbocycles. The molecule has 2 aliphatic rings. The first-order valence-electron chi connectivity index (χ1n) is 10.5. The van der Waals surface area contributed by atoms with Crippen LogP contribution in [0, 0.1) is 0 Å². The SMILES string of the molecule is Oc1cccc(-c2nc3c(c4c2-c2ccccc2CC4)-c2ccccc2CC3)c1O. The van der Waals surface area contributed by atoms with Crippen LogP contribution in [0.2, 0.25) is 0 Å². The van der Waals surface area contributed by atoms with Crippen LogP contribution in [0.3, 0.4) is 0 Å². The molecule has 0 amide bonds. The maximum atomic E-state index is 10.7. The number of aromatic hydroxyl groups is 2. The van der Waals surface area contributed by atoms with Crippen molar-refractivity contribution < 1.29 is 10.2 Å². The van der Waals surface area contributed by atoms with E-state index in [2.05, 4.69) is 48.5 Å². The number of aromatic nitrogens is 1. The number of benzene rings is 3. The predicted molar refractivity (Wildman–Crippen MR) is 119 cm³/mol. The number of aryl methyl sites for hydroxylation is 3. The van der Waals surface area contributed by atoms with Crippen LogP contribution in [0.25, 0.3) is 33.5 Å². The zero-order valence-corrected chi connectivity index (χ0v) is 16.5. The molecule has 3 heteroatoms. The summed E-state index contributed by atoms with van der Waals surface area (Å²) in [5.74, 6) is -0.221. The van der Waals surface area contributed by atoms with Crippen LogP contribution in [-0.2, 0) is 25.7 Å². The molecular weight excluding hydrogens is 370 g/mol. The smallest absolute Gasteiger partial charge is 0.167 e. The second kappa shape index (κ2) is 6.46. The minimum absolute atomic E-state index is 0.105. The van der Waals surface area contributed by atoms with Gasteiger partial charge in [-0.2, -0.15) is 0 Å². The Hall–Kier alpha value is -3.59. The lowest BCUT2D eigenvalue weighted by Gasteiger charge is -2.30. The van der Waals surface area contributed by atoms with Crippen molar-refractivity contribution >= 4 is 0 Å². The second-order valence-electron chi connectivity index (χ2n) is 8.12. The van der Waals surface area contributed by atoms with E-state index < -0.39 is 0 Å².